The minimum Gasteiger partial charge on any atom is -0.469 e. The van der Waals surface area contributed by atoms with Gasteiger partial charge in [-0.2, -0.15) is 0 Å². The fourth-order valence-corrected chi connectivity index (χ4v) is 4.86. The second-order valence-corrected chi connectivity index (χ2v) is 9.28. The SMILES string of the molecule is COC(=O)C[C@H]1C(=O)C2=C(C(C)(C)C)C3C=CC=C(CN1Cc1ccccc1)C3=C2. The first kappa shape index (κ1) is 20.5. The van der Waals surface area contributed by atoms with Gasteiger partial charge >= 0.3 is 5.97 Å². The molecule has 3 aliphatic rings. The zero-order valence-corrected chi connectivity index (χ0v) is 18.1. The average molecular weight is 404 g/mol. The number of ether oxygens (including phenoxy) is 1. The minimum atomic E-state index is -0.553. The van der Waals surface area contributed by atoms with Gasteiger partial charge in [-0.05, 0) is 33.8 Å². The molecule has 1 aromatic carbocycles. The first-order valence-electron chi connectivity index (χ1n) is 10.5. The number of carbonyl (C=O) groups excluding carboxylic acids is 2. The molecule has 0 aromatic heterocycles. The van der Waals surface area contributed by atoms with Crippen LogP contribution in [0.4, 0.5) is 0 Å². The predicted octanol–water partition coefficient (Wildman–Crippen LogP) is 4.40. The lowest BCUT2D eigenvalue weighted by Crippen LogP contribution is -2.44. The largest absolute Gasteiger partial charge is 0.469 e. The van der Waals surface area contributed by atoms with Crippen LogP contribution in [0.25, 0.3) is 0 Å². The summed E-state index contributed by atoms with van der Waals surface area (Å²) in [6.07, 6.45) is 8.58. The molecule has 4 rings (SSSR count). The Balaban J connectivity index is 1.82. The van der Waals surface area contributed by atoms with E-state index >= 15 is 0 Å². The third-order valence-corrected chi connectivity index (χ3v) is 6.21. The van der Waals surface area contributed by atoms with Crippen molar-refractivity contribution in [2.75, 3.05) is 13.7 Å². The molecule has 2 bridgehead atoms. The molecule has 0 fully saturated rings. The zero-order valence-electron chi connectivity index (χ0n) is 18.1. The number of Topliss-reactive ketones (excluding diaryl/α,β-unsaturated/α-hetero) is 1. The van der Waals surface area contributed by atoms with Crippen molar-refractivity contribution in [1.82, 2.24) is 4.90 Å². The van der Waals surface area contributed by atoms with E-state index in [2.05, 4.69) is 62.1 Å². The second-order valence-electron chi connectivity index (χ2n) is 9.28. The lowest BCUT2D eigenvalue weighted by molar-refractivity contribution is -0.144. The first-order valence-corrected chi connectivity index (χ1v) is 10.5. The maximum absolute atomic E-state index is 13.9. The molecule has 0 saturated heterocycles. The zero-order chi connectivity index (χ0) is 21.5. The lowest BCUT2D eigenvalue weighted by Gasteiger charge is -2.33. The van der Waals surface area contributed by atoms with E-state index in [9.17, 15) is 9.59 Å². The average Bonchev–Trinajstić information content (AvgIpc) is 3.12. The maximum atomic E-state index is 13.9. The van der Waals surface area contributed by atoms with Crippen LogP contribution in [0.5, 0.6) is 0 Å². The van der Waals surface area contributed by atoms with Crippen LogP contribution >= 0.6 is 0 Å². The summed E-state index contributed by atoms with van der Waals surface area (Å²) in [5.41, 5.74) is 5.34. The van der Waals surface area contributed by atoms with E-state index in [-0.39, 0.29) is 29.5 Å². The highest BCUT2D eigenvalue weighted by atomic mass is 16.5. The van der Waals surface area contributed by atoms with Gasteiger partial charge in [0, 0.05) is 24.6 Å². The van der Waals surface area contributed by atoms with Gasteiger partial charge in [0.25, 0.3) is 0 Å². The van der Waals surface area contributed by atoms with Crippen LogP contribution in [-0.4, -0.2) is 36.3 Å². The van der Waals surface area contributed by atoms with Crippen LogP contribution < -0.4 is 0 Å². The Kier molecular flexibility index (Phi) is 5.37. The van der Waals surface area contributed by atoms with Gasteiger partial charge in [0.2, 0.25) is 0 Å². The first-order chi connectivity index (χ1) is 14.3. The predicted molar refractivity (Wildman–Crippen MR) is 118 cm³/mol. The summed E-state index contributed by atoms with van der Waals surface area (Å²) in [5.74, 6) is -0.197. The van der Waals surface area contributed by atoms with Crippen molar-refractivity contribution in [3.05, 3.63) is 82.5 Å². The Morgan fingerprint density at radius 2 is 1.93 bits per heavy atom. The van der Waals surface area contributed by atoms with Crippen molar-refractivity contribution in [3.8, 4) is 0 Å². The summed E-state index contributed by atoms with van der Waals surface area (Å²) in [7, 11) is 1.38. The highest BCUT2D eigenvalue weighted by Gasteiger charge is 2.43. The van der Waals surface area contributed by atoms with Crippen LogP contribution in [0.2, 0.25) is 0 Å². The maximum Gasteiger partial charge on any atom is 0.307 e. The third kappa shape index (κ3) is 3.72. The van der Waals surface area contributed by atoms with E-state index in [1.807, 2.05) is 18.2 Å². The monoisotopic (exact) mass is 403 g/mol. The molecule has 1 unspecified atom stereocenters. The summed E-state index contributed by atoms with van der Waals surface area (Å²) < 4.78 is 4.96. The number of rotatable bonds is 4. The van der Waals surface area contributed by atoms with E-state index in [0.717, 1.165) is 16.7 Å². The number of methoxy groups -OCH3 is 1. The summed E-state index contributed by atoms with van der Waals surface area (Å²) in [6, 6.07) is 9.55. The summed E-state index contributed by atoms with van der Waals surface area (Å²) >= 11 is 0. The summed E-state index contributed by atoms with van der Waals surface area (Å²) in [4.78, 5) is 28.3. The number of hydrogen-bond donors (Lipinski definition) is 0. The Labute approximate surface area is 178 Å². The van der Waals surface area contributed by atoms with Crippen LogP contribution in [0, 0.1) is 11.3 Å². The van der Waals surface area contributed by atoms with Crippen molar-refractivity contribution in [3.63, 3.8) is 0 Å². The Morgan fingerprint density at radius 3 is 2.60 bits per heavy atom. The molecule has 4 nitrogen and oxygen atoms in total. The minimum absolute atomic E-state index is 0.0237. The number of esters is 1. The van der Waals surface area contributed by atoms with Gasteiger partial charge in [-0.25, -0.2) is 0 Å². The van der Waals surface area contributed by atoms with Crippen molar-refractivity contribution < 1.29 is 14.3 Å². The van der Waals surface area contributed by atoms with Crippen molar-refractivity contribution >= 4 is 11.8 Å². The standard InChI is InChI=1S/C26H29NO3/c1-26(2,3)24-19-12-8-11-18-16-27(15-17-9-6-5-7-10-17)22(14-23(28)30-4)25(29)21(24)13-20(18)19/h5-13,19,22H,14-16H2,1-4H3/t19?,22-/m0/s1. The Morgan fingerprint density at radius 1 is 1.20 bits per heavy atom. The number of benzene rings is 1. The van der Waals surface area contributed by atoms with E-state index in [4.69, 9.17) is 4.74 Å². The normalized spacial score (nSPS) is 23.7. The molecule has 1 aromatic rings. The van der Waals surface area contributed by atoms with E-state index in [1.165, 1.54) is 18.3 Å². The van der Waals surface area contributed by atoms with Crippen LogP contribution in [0.3, 0.4) is 0 Å². The fourth-order valence-electron chi connectivity index (χ4n) is 4.86. The molecule has 1 heterocycles. The molecule has 4 heteroatoms. The molecule has 30 heavy (non-hydrogen) atoms. The van der Waals surface area contributed by atoms with Gasteiger partial charge in [-0.15, -0.1) is 0 Å². The molecule has 0 saturated carbocycles. The van der Waals surface area contributed by atoms with Crippen molar-refractivity contribution in [2.45, 2.75) is 39.8 Å². The number of allylic oxidation sites excluding steroid dienone is 5. The second kappa shape index (κ2) is 7.84. The van der Waals surface area contributed by atoms with Gasteiger partial charge in [-0.3, -0.25) is 14.5 Å². The number of nitrogens with zero attached hydrogens (tertiary/aromatic N) is 1. The highest BCUT2D eigenvalue weighted by Crippen LogP contribution is 2.48. The number of hydrogen-bond acceptors (Lipinski definition) is 4. The van der Waals surface area contributed by atoms with Gasteiger partial charge in [-0.1, -0.05) is 69.3 Å². The fraction of sp³-hybridized carbons (Fsp3) is 0.385. The molecule has 0 N–H and O–H groups in total. The van der Waals surface area contributed by atoms with Crippen LogP contribution in [-0.2, 0) is 20.9 Å². The third-order valence-electron chi connectivity index (χ3n) is 6.21. The number of carbonyl (C=O) groups is 2. The molecule has 1 aliphatic heterocycles. The lowest BCUT2D eigenvalue weighted by atomic mass is 9.74. The summed E-state index contributed by atoms with van der Waals surface area (Å²) in [6.45, 7) is 7.71. The molecule has 0 radical (unpaired) electrons. The van der Waals surface area contributed by atoms with E-state index < -0.39 is 6.04 Å². The van der Waals surface area contributed by atoms with Crippen LogP contribution in [0.15, 0.2) is 76.9 Å². The molecular weight excluding hydrogens is 374 g/mol. The van der Waals surface area contributed by atoms with Crippen molar-refractivity contribution in [2.24, 2.45) is 11.3 Å². The quantitative estimate of drug-likeness (QED) is 0.699. The highest BCUT2D eigenvalue weighted by molar-refractivity contribution is 6.06. The molecule has 0 amide bonds. The molecule has 156 valence electrons. The van der Waals surface area contributed by atoms with Crippen LogP contribution in [0.1, 0.15) is 32.8 Å². The molecular formula is C26H29NO3. The topological polar surface area (TPSA) is 46.6 Å². The molecule has 2 aliphatic carbocycles. The van der Waals surface area contributed by atoms with Gasteiger partial charge in [0.15, 0.2) is 5.78 Å². The number of ketones is 1. The number of fused-ring (bicyclic) bond motifs is 1. The van der Waals surface area contributed by atoms with E-state index in [1.54, 1.807) is 0 Å². The smallest absolute Gasteiger partial charge is 0.307 e. The molecule has 0 spiro atoms. The van der Waals surface area contributed by atoms with Crippen molar-refractivity contribution in [1.29, 1.82) is 0 Å². The van der Waals surface area contributed by atoms with Gasteiger partial charge in [0.05, 0.1) is 19.6 Å². The van der Waals surface area contributed by atoms with Gasteiger partial charge in [0.1, 0.15) is 0 Å². The van der Waals surface area contributed by atoms with Gasteiger partial charge < -0.3 is 4.74 Å². The summed E-state index contributed by atoms with van der Waals surface area (Å²) in [5, 5.41) is 0. The molecule has 2 atom stereocenters. The Bertz CT molecular complexity index is 989. The van der Waals surface area contributed by atoms with E-state index in [0.29, 0.717) is 13.1 Å². The Hall–Kier alpha value is -2.72.